The van der Waals surface area contributed by atoms with Gasteiger partial charge in [-0.3, -0.25) is 5.32 Å². The maximum Gasteiger partial charge on any atom is 0.175 e. The van der Waals surface area contributed by atoms with Crippen LogP contribution in [0.15, 0.2) is 59.5 Å². The fourth-order valence-electron chi connectivity index (χ4n) is 2.24. The average Bonchev–Trinajstić information content (AvgIpc) is 2.52. The van der Waals surface area contributed by atoms with Gasteiger partial charge in [-0.15, -0.1) is 5.92 Å². The summed E-state index contributed by atoms with van der Waals surface area (Å²) in [5, 5.41) is 3.36. The lowest BCUT2D eigenvalue weighted by Crippen LogP contribution is -2.23. The molecule has 1 N–H and O–H groups in total. The lowest BCUT2D eigenvalue weighted by Gasteiger charge is -2.19. The Balaban J connectivity index is 2.42. The zero-order valence-corrected chi connectivity index (χ0v) is 13.5. The lowest BCUT2D eigenvalue weighted by atomic mass is 9.99. The van der Waals surface area contributed by atoms with E-state index in [9.17, 15) is 8.42 Å². The molecular formula is C18H19NO2S. The molecule has 0 aliphatic heterocycles. The van der Waals surface area contributed by atoms with E-state index in [1.807, 2.05) is 36.4 Å². The highest BCUT2D eigenvalue weighted by Gasteiger charge is 2.15. The van der Waals surface area contributed by atoms with Crippen molar-refractivity contribution in [1.82, 2.24) is 5.32 Å². The number of rotatable bonds is 5. The van der Waals surface area contributed by atoms with Crippen molar-refractivity contribution in [3.63, 3.8) is 0 Å². The van der Waals surface area contributed by atoms with Gasteiger partial charge in [0.05, 0.1) is 17.5 Å². The largest absolute Gasteiger partial charge is 0.295 e. The minimum Gasteiger partial charge on any atom is -0.295 e. The second-order valence-corrected chi connectivity index (χ2v) is 7.01. The molecule has 0 fully saturated rings. The number of hydrogen-bond acceptors (Lipinski definition) is 3. The SMILES string of the molecule is CC#CCN[C@H](c1ccccc1)c1cccc(S(C)(=O)=O)c1. The van der Waals surface area contributed by atoms with Gasteiger partial charge in [0.2, 0.25) is 0 Å². The fourth-order valence-corrected chi connectivity index (χ4v) is 2.92. The molecule has 0 saturated heterocycles. The summed E-state index contributed by atoms with van der Waals surface area (Å²) in [5.74, 6) is 5.84. The highest BCUT2D eigenvalue weighted by atomic mass is 32.2. The van der Waals surface area contributed by atoms with Gasteiger partial charge >= 0.3 is 0 Å². The molecule has 0 radical (unpaired) electrons. The highest BCUT2D eigenvalue weighted by Crippen LogP contribution is 2.24. The first-order valence-corrected chi connectivity index (χ1v) is 8.89. The Morgan fingerprint density at radius 1 is 1.05 bits per heavy atom. The van der Waals surface area contributed by atoms with Crippen molar-refractivity contribution in [3.8, 4) is 11.8 Å². The van der Waals surface area contributed by atoms with E-state index in [1.165, 1.54) is 6.26 Å². The first kappa shape index (κ1) is 16.3. The summed E-state index contributed by atoms with van der Waals surface area (Å²) in [7, 11) is -3.22. The Morgan fingerprint density at radius 3 is 2.36 bits per heavy atom. The Kier molecular flexibility index (Phi) is 5.37. The van der Waals surface area contributed by atoms with Gasteiger partial charge in [-0.05, 0) is 30.2 Å². The normalized spacial score (nSPS) is 12.3. The van der Waals surface area contributed by atoms with Gasteiger partial charge in [0.15, 0.2) is 9.84 Å². The maximum absolute atomic E-state index is 11.8. The summed E-state index contributed by atoms with van der Waals surface area (Å²) >= 11 is 0. The van der Waals surface area contributed by atoms with Crippen LogP contribution in [0.1, 0.15) is 24.1 Å². The third-order valence-corrected chi connectivity index (χ3v) is 4.43. The highest BCUT2D eigenvalue weighted by molar-refractivity contribution is 7.90. The summed E-state index contributed by atoms with van der Waals surface area (Å²) in [6, 6.07) is 16.9. The monoisotopic (exact) mass is 313 g/mol. The topological polar surface area (TPSA) is 46.2 Å². The van der Waals surface area contributed by atoms with E-state index in [4.69, 9.17) is 0 Å². The van der Waals surface area contributed by atoms with Crippen molar-refractivity contribution in [2.24, 2.45) is 0 Å². The van der Waals surface area contributed by atoms with Gasteiger partial charge in [-0.25, -0.2) is 8.42 Å². The third kappa shape index (κ3) is 4.20. The van der Waals surface area contributed by atoms with Crippen LogP contribution in [-0.2, 0) is 9.84 Å². The van der Waals surface area contributed by atoms with Crippen LogP contribution in [0.3, 0.4) is 0 Å². The molecule has 2 rings (SSSR count). The summed E-state index contributed by atoms with van der Waals surface area (Å²) in [6.07, 6.45) is 1.22. The average molecular weight is 313 g/mol. The van der Waals surface area contributed by atoms with Crippen molar-refractivity contribution >= 4 is 9.84 Å². The zero-order valence-electron chi connectivity index (χ0n) is 12.7. The van der Waals surface area contributed by atoms with Gasteiger partial charge < -0.3 is 0 Å². The number of benzene rings is 2. The predicted molar refractivity (Wildman–Crippen MR) is 89.3 cm³/mol. The van der Waals surface area contributed by atoms with Gasteiger partial charge in [0.1, 0.15) is 0 Å². The quantitative estimate of drug-likeness (QED) is 0.864. The summed E-state index contributed by atoms with van der Waals surface area (Å²) in [5.41, 5.74) is 1.98. The van der Waals surface area contributed by atoms with Gasteiger partial charge in [0, 0.05) is 6.26 Å². The van der Waals surface area contributed by atoms with Crippen LogP contribution < -0.4 is 5.32 Å². The predicted octanol–water partition coefficient (Wildman–Crippen LogP) is 2.79. The molecule has 22 heavy (non-hydrogen) atoms. The molecule has 3 nitrogen and oxygen atoms in total. The van der Waals surface area contributed by atoms with Crippen LogP contribution in [-0.4, -0.2) is 21.2 Å². The number of sulfone groups is 1. The van der Waals surface area contributed by atoms with E-state index >= 15 is 0 Å². The van der Waals surface area contributed by atoms with E-state index in [-0.39, 0.29) is 6.04 Å². The summed E-state index contributed by atoms with van der Waals surface area (Å²) in [6.45, 7) is 2.34. The van der Waals surface area contributed by atoms with E-state index in [0.29, 0.717) is 11.4 Å². The summed E-state index contributed by atoms with van der Waals surface area (Å²) in [4.78, 5) is 0.328. The van der Waals surface area contributed by atoms with Crippen molar-refractivity contribution in [1.29, 1.82) is 0 Å². The lowest BCUT2D eigenvalue weighted by molar-refractivity contribution is 0.601. The Morgan fingerprint density at radius 2 is 1.73 bits per heavy atom. The van der Waals surface area contributed by atoms with Crippen LogP contribution in [0.5, 0.6) is 0 Å². The van der Waals surface area contributed by atoms with Crippen molar-refractivity contribution < 1.29 is 8.42 Å². The minimum atomic E-state index is -3.22. The van der Waals surface area contributed by atoms with Crippen LogP contribution in [0, 0.1) is 11.8 Å². The molecule has 0 saturated carbocycles. The molecule has 0 aliphatic carbocycles. The molecule has 0 heterocycles. The standard InChI is InChI=1S/C18H19NO2S/c1-3-4-13-19-18(15-9-6-5-7-10-15)16-11-8-12-17(14-16)22(2,20)21/h5-12,14,18-19H,13H2,1-2H3/t18-/m1/s1. The molecule has 1 atom stereocenters. The Hall–Kier alpha value is -2.09. The van der Waals surface area contributed by atoms with Crippen LogP contribution >= 0.6 is 0 Å². The van der Waals surface area contributed by atoms with E-state index in [2.05, 4.69) is 17.2 Å². The number of nitrogens with one attached hydrogen (secondary N) is 1. The van der Waals surface area contributed by atoms with Crippen molar-refractivity contribution in [2.75, 3.05) is 12.8 Å². The second-order valence-electron chi connectivity index (χ2n) is 5.00. The summed E-state index contributed by atoms with van der Waals surface area (Å²) < 4.78 is 23.5. The van der Waals surface area contributed by atoms with E-state index < -0.39 is 9.84 Å². The molecule has 0 amide bonds. The molecule has 114 valence electrons. The molecule has 0 aliphatic rings. The van der Waals surface area contributed by atoms with Gasteiger partial charge in [0.25, 0.3) is 0 Å². The van der Waals surface area contributed by atoms with Crippen molar-refractivity contribution in [2.45, 2.75) is 17.9 Å². The molecular weight excluding hydrogens is 294 g/mol. The van der Waals surface area contributed by atoms with Crippen LogP contribution in [0.2, 0.25) is 0 Å². The van der Waals surface area contributed by atoms with Crippen LogP contribution in [0.25, 0.3) is 0 Å². The fraction of sp³-hybridized carbons (Fsp3) is 0.222. The minimum absolute atomic E-state index is 0.0938. The molecule has 2 aromatic carbocycles. The zero-order chi connectivity index (χ0) is 16.0. The first-order valence-electron chi connectivity index (χ1n) is 7.00. The molecule has 0 unspecified atom stereocenters. The Labute approximate surface area is 132 Å². The Bertz CT molecular complexity index is 787. The molecule has 2 aromatic rings. The van der Waals surface area contributed by atoms with E-state index in [1.54, 1.807) is 25.1 Å². The molecule has 0 spiro atoms. The van der Waals surface area contributed by atoms with Gasteiger partial charge in [-0.1, -0.05) is 48.4 Å². The van der Waals surface area contributed by atoms with E-state index in [0.717, 1.165) is 11.1 Å². The number of hydrogen-bond donors (Lipinski definition) is 1. The smallest absolute Gasteiger partial charge is 0.175 e. The molecule has 0 aromatic heterocycles. The van der Waals surface area contributed by atoms with Crippen molar-refractivity contribution in [3.05, 3.63) is 65.7 Å². The first-order chi connectivity index (χ1) is 10.5. The van der Waals surface area contributed by atoms with Gasteiger partial charge in [-0.2, -0.15) is 0 Å². The third-order valence-electron chi connectivity index (χ3n) is 3.32. The molecule has 4 heteroatoms. The second kappa shape index (κ2) is 7.26. The maximum atomic E-state index is 11.8. The molecule has 0 bridgehead atoms. The van der Waals surface area contributed by atoms with Crippen LogP contribution in [0.4, 0.5) is 0 Å².